The van der Waals surface area contributed by atoms with Crippen molar-refractivity contribution in [3.05, 3.63) is 51.4 Å². The van der Waals surface area contributed by atoms with E-state index >= 15 is 0 Å². The van der Waals surface area contributed by atoms with E-state index in [1.165, 1.54) is 12.1 Å². The lowest BCUT2D eigenvalue weighted by Gasteiger charge is -2.05. The molecule has 6 heteroatoms. The highest BCUT2D eigenvalue weighted by atomic mass is 35.5. The van der Waals surface area contributed by atoms with E-state index in [0.29, 0.717) is 18.1 Å². The van der Waals surface area contributed by atoms with Crippen molar-refractivity contribution in [3.63, 3.8) is 0 Å². The van der Waals surface area contributed by atoms with Gasteiger partial charge in [0.1, 0.15) is 12.4 Å². The highest BCUT2D eigenvalue weighted by Gasteiger charge is 2.19. The summed E-state index contributed by atoms with van der Waals surface area (Å²) in [6, 6.07) is 6.18. The molecule has 1 heterocycles. The fourth-order valence-corrected chi connectivity index (χ4v) is 2.05. The lowest BCUT2D eigenvalue weighted by molar-refractivity contribution is 0.1000. The smallest absolute Gasteiger partial charge is 0.229 e. The van der Waals surface area contributed by atoms with Crippen LogP contribution in [0.4, 0.5) is 5.69 Å². The zero-order valence-electron chi connectivity index (χ0n) is 10.1. The molecule has 2 rings (SSSR count). The third kappa shape index (κ3) is 2.92. The van der Waals surface area contributed by atoms with Gasteiger partial charge in [0, 0.05) is 18.4 Å². The van der Waals surface area contributed by atoms with Crippen molar-refractivity contribution in [3.8, 4) is 0 Å². The average Bonchev–Trinajstić information content (AvgIpc) is 2.82. The number of nitrogen functional groups attached to an aromatic ring is 1. The minimum Gasteiger partial charge on any atom is -0.455 e. The van der Waals surface area contributed by atoms with Gasteiger partial charge in [-0.25, -0.2) is 0 Å². The van der Waals surface area contributed by atoms with Gasteiger partial charge in [0.25, 0.3) is 0 Å². The van der Waals surface area contributed by atoms with Crippen LogP contribution in [0, 0.1) is 0 Å². The number of carbonyl (C=O) groups is 1. The summed E-state index contributed by atoms with van der Waals surface area (Å²) in [7, 11) is 1.54. The van der Waals surface area contributed by atoms with Gasteiger partial charge in [-0.05, 0) is 24.3 Å². The number of hydrogen-bond donors (Lipinski definition) is 1. The van der Waals surface area contributed by atoms with Gasteiger partial charge in [0.05, 0.1) is 10.0 Å². The van der Waals surface area contributed by atoms with Gasteiger partial charge < -0.3 is 14.9 Å². The molecule has 1 aromatic heterocycles. The summed E-state index contributed by atoms with van der Waals surface area (Å²) in [4.78, 5) is 12.3. The number of anilines is 1. The summed E-state index contributed by atoms with van der Waals surface area (Å²) in [6.07, 6.45) is 0. The first kappa shape index (κ1) is 13.9. The number of methoxy groups -OCH3 is 1. The summed E-state index contributed by atoms with van der Waals surface area (Å²) >= 11 is 11.9. The van der Waals surface area contributed by atoms with Gasteiger partial charge in [0.2, 0.25) is 5.78 Å². The molecule has 0 saturated carbocycles. The molecule has 0 aliphatic carbocycles. The van der Waals surface area contributed by atoms with E-state index in [1.807, 2.05) is 0 Å². The molecule has 0 aliphatic rings. The van der Waals surface area contributed by atoms with Crippen molar-refractivity contribution in [2.24, 2.45) is 0 Å². The molecule has 4 nitrogen and oxygen atoms in total. The lowest BCUT2D eigenvalue weighted by atomic mass is 10.1. The number of carbonyl (C=O) groups excluding carboxylic acids is 1. The Morgan fingerprint density at radius 3 is 2.79 bits per heavy atom. The van der Waals surface area contributed by atoms with Crippen molar-refractivity contribution in [2.75, 3.05) is 12.8 Å². The van der Waals surface area contributed by atoms with E-state index < -0.39 is 0 Å². The topological polar surface area (TPSA) is 65.5 Å². The maximum atomic E-state index is 12.3. The van der Waals surface area contributed by atoms with Crippen molar-refractivity contribution < 1.29 is 13.9 Å². The summed E-state index contributed by atoms with van der Waals surface area (Å²) in [5.41, 5.74) is 6.23. The van der Waals surface area contributed by atoms with Crippen LogP contribution >= 0.6 is 23.2 Å². The number of nitrogens with two attached hydrogens (primary N) is 1. The molecule has 2 N–H and O–H groups in total. The fourth-order valence-electron chi connectivity index (χ4n) is 1.63. The number of benzene rings is 1. The minimum absolute atomic E-state index is 0.158. The summed E-state index contributed by atoms with van der Waals surface area (Å²) < 4.78 is 10.3. The molecular weight excluding hydrogens is 289 g/mol. The standard InChI is InChI=1S/C13H11Cl2NO3/c1-18-6-8-2-3-11(19-8)13(17)9-4-7(16)5-10(14)12(9)15/h2-5H,6,16H2,1H3. The first-order chi connectivity index (χ1) is 9.02. The number of ketones is 1. The van der Waals surface area contributed by atoms with Crippen molar-refractivity contribution >= 4 is 34.7 Å². The van der Waals surface area contributed by atoms with Crippen LogP contribution < -0.4 is 5.73 Å². The van der Waals surface area contributed by atoms with E-state index in [0.717, 1.165) is 0 Å². The second-order valence-electron chi connectivity index (χ2n) is 3.89. The van der Waals surface area contributed by atoms with Crippen LogP contribution in [-0.4, -0.2) is 12.9 Å². The number of ether oxygens (including phenoxy) is 1. The Labute approximate surface area is 120 Å². The summed E-state index contributed by atoms with van der Waals surface area (Å²) in [6.45, 7) is 0.290. The maximum absolute atomic E-state index is 12.3. The van der Waals surface area contributed by atoms with Crippen LogP contribution in [0.3, 0.4) is 0 Å². The largest absolute Gasteiger partial charge is 0.455 e. The normalized spacial score (nSPS) is 10.7. The molecule has 0 unspecified atom stereocenters. The van der Waals surface area contributed by atoms with Gasteiger partial charge in [-0.3, -0.25) is 4.79 Å². The van der Waals surface area contributed by atoms with Crippen molar-refractivity contribution in [2.45, 2.75) is 6.61 Å². The van der Waals surface area contributed by atoms with E-state index in [9.17, 15) is 4.79 Å². The van der Waals surface area contributed by atoms with Crippen LogP contribution in [0.15, 0.2) is 28.7 Å². The minimum atomic E-state index is -0.374. The molecule has 0 fully saturated rings. The first-order valence-electron chi connectivity index (χ1n) is 5.39. The highest BCUT2D eigenvalue weighted by molar-refractivity contribution is 6.44. The zero-order valence-corrected chi connectivity index (χ0v) is 11.6. The second kappa shape index (κ2) is 5.65. The molecule has 0 amide bonds. The fraction of sp³-hybridized carbons (Fsp3) is 0.154. The number of rotatable bonds is 4. The van der Waals surface area contributed by atoms with Gasteiger partial charge in [0.15, 0.2) is 5.76 Å². The van der Waals surface area contributed by atoms with Crippen LogP contribution in [0.5, 0.6) is 0 Å². The van der Waals surface area contributed by atoms with Gasteiger partial charge >= 0.3 is 0 Å². The number of furan rings is 1. The monoisotopic (exact) mass is 299 g/mol. The zero-order chi connectivity index (χ0) is 14.0. The van der Waals surface area contributed by atoms with E-state index in [2.05, 4.69) is 0 Å². The third-order valence-electron chi connectivity index (χ3n) is 2.47. The number of halogens is 2. The molecule has 0 spiro atoms. The molecule has 0 atom stereocenters. The van der Waals surface area contributed by atoms with Crippen LogP contribution in [0.1, 0.15) is 21.9 Å². The predicted molar refractivity (Wildman–Crippen MR) is 73.7 cm³/mol. The molecule has 0 bridgehead atoms. The Balaban J connectivity index is 2.38. The van der Waals surface area contributed by atoms with E-state index in [4.69, 9.17) is 38.1 Å². The maximum Gasteiger partial charge on any atom is 0.229 e. The third-order valence-corrected chi connectivity index (χ3v) is 3.27. The predicted octanol–water partition coefficient (Wildman–Crippen LogP) is 3.55. The number of hydrogen-bond acceptors (Lipinski definition) is 4. The van der Waals surface area contributed by atoms with Gasteiger partial charge in [-0.15, -0.1) is 0 Å². The average molecular weight is 300 g/mol. The Bertz CT molecular complexity index is 622. The molecule has 0 saturated heterocycles. The molecule has 0 radical (unpaired) electrons. The Kier molecular flexibility index (Phi) is 4.14. The molecular formula is C13H11Cl2NO3. The lowest BCUT2D eigenvalue weighted by Crippen LogP contribution is -2.02. The highest BCUT2D eigenvalue weighted by Crippen LogP contribution is 2.30. The SMILES string of the molecule is COCc1ccc(C(=O)c2cc(N)cc(Cl)c2Cl)o1. The molecule has 2 aromatic rings. The molecule has 1 aromatic carbocycles. The van der Waals surface area contributed by atoms with Crippen LogP contribution in [0.25, 0.3) is 0 Å². The quantitative estimate of drug-likeness (QED) is 0.692. The first-order valence-corrected chi connectivity index (χ1v) is 6.15. The van der Waals surface area contributed by atoms with E-state index in [-0.39, 0.29) is 27.2 Å². The molecule has 100 valence electrons. The summed E-state index contributed by atoms with van der Waals surface area (Å²) in [5, 5.41) is 0.388. The second-order valence-corrected chi connectivity index (χ2v) is 4.68. The van der Waals surface area contributed by atoms with Crippen molar-refractivity contribution in [1.82, 2.24) is 0 Å². The van der Waals surface area contributed by atoms with E-state index in [1.54, 1.807) is 19.2 Å². The Hall–Kier alpha value is -1.49. The van der Waals surface area contributed by atoms with Crippen LogP contribution in [-0.2, 0) is 11.3 Å². The molecule has 19 heavy (non-hydrogen) atoms. The van der Waals surface area contributed by atoms with Gasteiger partial charge in [-0.2, -0.15) is 0 Å². The van der Waals surface area contributed by atoms with Crippen molar-refractivity contribution in [1.29, 1.82) is 0 Å². The van der Waals surface area contributed by atoms with Gasteiger partial charge in [-0.1, -0.05) is 23.2 Å². The molecule has 0 aliphatic heterocycles. The Morgan fingerprint density at radius 2 is 2.11 bits per heavy atom. The van der Waals surface area contributed by atoms with Crippen LogP contribution in [0.2, 0.25) is 10.0 Å². The Morgan fingerprint density at radius 1 is 1.37 bits per heavy atom. The summed E-state index contributed by atoms with van der Waals surface area (Å²) in [5.74, 6) is 0.342.